The summed E-state index contributed by atoms with van der Waals surface area (Å²) in [5, 5.41) is 13.9. The van der Waals surface area contributed by atoms with Crippen LogP contribution in [0.4, 0.5) is 11.4 Å². The molecule has 1 aromatic rings. The first kappa shape index (κ1) is 17.4. The van der Waals surface area contributed by atoms with Crippen molar-refractivity contribution in [3.8, 4) is 0 Å². The Morgan fingerprint density at radius 3 is 2.48 bits per heavy atom. The van der Waals surface area contributed by atoms with E-state index in [-0.39, 0.29) is 11.4 Å². The maximum absolute atomic E-state index is 12.6. The highest BCUT2D eigenvalue weighted by Gasteiger charge is 2.30. The molecule has 0 fully saturated rings. The van der Waals surface area contributed by atoms with E-state index in [1.54, 1.807) is 14.0 Å². The van der Waals surface area contributed by atoms with Gasteiger partial charge in [-0.15, -0.1) is 0 Å². The van der Waals surface area contributed by atoms with Gasteiger partial charge in [0.05, 0.1) is 4.92 Å². The molecular weight excluding hydrogens is 294 g/mol. The molecule has 0 aliphatic heterocycles. The second-order valence-electron chi connectivity index (χ2n) is 4.54. The Hall–Kier alpha value is -1.67. The second kappa shape index (κ2) is 7.37. The predicted octanol–water partition coefficient (Wildman–Crippen LogP) is 2.45. The maximum atomic E-state index is 12.6. The predicted molar refractivity (Wildman–Crippen MR) is 82.0 cm³/mol. The van der Waals surface area contributed by atoms with Gasteiger partial charge in [0.2, 0.25) is 10.0 Å². The molecule has 0 aromatic heterocycles. The second-order valence-corrected chi connectivity index (χ2v) is 6.45. The summed E-state index contributed by atoms with van der Waals surface area (Å²) in [6, 6.07) is 4.04. The lowest BCUT2D eigenvalue weighted by atomic mass is 10.3. The monoisotopic (exact) mass is 315 g/mol. The Labute approximate surface area is 125 Å². The first-order valence-corrected chi connectivity index (χ1v) is 8.28. The molecule has 0 heterocycles. The van der Waals surface area contributed by atoms with E-state index < -0.39 is 20.6 Å². The van der Waals surface area contributed by atoms with Gasteiger partial charge in [-0.05, 0) is 18.6 Å². The van der Waals surface area contributed by atoms with E-state index in [0.29, 0.717) is 12.2 Å². The molecule has 0 aliphatic rings. The van der Waals surface area contributed by atoms with Gasteiger partial charge in [0.15, 0.2) is 4.90 Å². The van der Waals surface area contributed by atoms with Gasteiger partial charge in [0, 0.05) is 31.9 Å². The Kier molecular flexibility index (Phi) is 6.10. The van der Waals surface area contributed by atoms with Crippen LogP contribution in [0.15, 0.2) is 23.1 Å². The standard InChI is InChI=1S/C13H21N3O4S/c1-4-6-9-15(5-2)21(19,20)13-8-7-11(14-3)10-12(13)16(17)18/h7-8,10,14H,4-6,9H2,1-3H3. The minimum absolute atomic E-state index is 0.260. The normalized spacial score (nSPS) is 11.6. The molecule has 0 saturated carbocycles. The van der Waals surface area contributed by atoms with Crippen molar-refractivity contribution in [1.29, 1.82) is 0 Å². The fourth-order valence-corrected chi connectivity index (χ4v) is 3.58. The zero-order valence-electron chi connectivity index (χ0n) is 12.5. The van der Waals surface area contributed by atoms with Gasteiger partial charge in [-0.2, -0.15) is 4.31 Å². The highest BCUT2D eigenvalue weighted by atomic mass is 32.2. The van der Waals surface area contributed by atoms with Crippen molar-refractivity contribution in [3.63, 3.8) is 0 Å². The third-order valence-corrected chi connectivity index (χ3v) is 5.20. The number of rotatable bonds is 8. The van der Waals surface area contributed by atoms with Crippen molar-refractivity contribution in [2.24, 2.45) is 0 Å². The number of hydrogen-bond acceptors (Lipinski definition) is 5. The van der Waals surface area contributed by atoms with Gasteiger partial charge in [0.25, 0.3) is 5.69 Å². The molecule has 0 unspecified atom stereocenters. The Morgan fingerprint density at radius 2 is 2.00 bits per heavy atom. The van der Waals surface area contributed by atoms with Crippen molar-refractivity contribution in [2.75, 3.05) is 25.5 Å². The largest absolute Gasteiger partial charge is 0.388 e. The summed E-state index contributed by atoms with van der Waals surface area (Å²) in [6.07, 6.45) is 1.57. The minimum Gasteiger partial charge on any atom is -0.388 e. The van der Waals surface area contributed by atoms with Gasteiger partial charge in [-0.1, -0.05) is 20.3 Å². The lowest BCUT2D eigenvalue weighted by Gasteiger charge is -2.20. The molecule has 0 aliphatic carbocycles. The van der Waals surface area contributed by atoms with Crippen LogP contribution in [0.3, 0.4) is 0 Å². The molecule has 7 nitrogen and oxygen atoms in total. The van der Waals surface area contributed by atoms with E-state index in [1.165, 1.54) is 22.5 Å². The molecule has 0 spiro atoms. The number of nitrogens with zero attached hydrogens (tertiary/aromatic N) is 2. The van der Waals surface area contributed by atoms with Crippen molar-refractivity contribution in [1.82, 2.24) is 4.31 Å². The van der Waals surface area contributed by atoms with Crippen molar-refractivity contribution in [3.05, 3.63) is 28.3 Å². The fourth-order valence-electron chi connectivity index (χ4n) is 1.96. The summed E-state index contributed by atoms with van der Waals surface area (Å²) in [5.41, 5.74) is 0.0917. The molecule has 1 N–H and O–H groups in total. The van der Waals surface area contributed by atoms with Gasteiger partial charge in [-0.3, -0.25) is 10.1 Å². The molecule has 0 bridgehead atoms. The van der Waals surface area contributed by atoms with Crippen LogP contribution in [-0.2, 0) is 10.0 Å². The number of sulfonamides is 1. The SMILES string of the molecule is CCCCN(CC)S(=O)(=O)c1ccc(NC)cc1[N+](=O)[O-]. The van der Waals surface area contributed by atoms with Crippen LogP contribution in [0, 0.1) is 10.1 Å². The van der Waals surface area contributed by atoms with Crippen LogP contribution in [0.5, 0.6) is 0 Å². The van der Waals surface area contributed by atoms with E-state index >= 15 is 0 Å². The number of nitrogens with one attached hydrogen (secondary N) is 1. The number of nitro benzene ring substituents is 1. The van der Waals surface area contributed by atoms with Crippen LogP contribution in [0.25, 0.3) is 0 Å². The van der Waals surface area contributed by atoms with E-state index in [2.05, 4.69) is 5.32 Å². The van der Waals surface area contributed by atoms with Crippen LogP contribution in [-0.4, -0.2) is 37.8 Å². The lowest BCUT2D eigenvalue weighted by molar-refractivity contribution is -0.387. The maximum Gasteiger partial charge on any atom is 0.291 e. The first-order valence-electron chi connectivity index (χ1n) is 6.84. The Bertz CT molecular complexity index is 601. The molecule has 8 heteroatoms. The third-order valence-electron chi connectivity index (χ3n) is 3.18. The van der Waals surface area contributed by atoms with Crippen molar-refractivity contribution in [2.45, 2.75) is 31.6 Å². The number of anilines is 1. The number of unbranched alkanes of at least 4 members (excludes halogenated alkanes) is 1. The van der Waals surface area contributed by atoms with Gasteiger partial charge < -0.3 is 5.32 Å². The average Bonchev–Trinajstić information content (AvgIpc) is 2.47. The highest BCUT2D eigenvalue weighted by molar-refractivity contribution is 7.89. The average molecular weight is 315 g/mol. The number of benzene rings is 1. The summed E-state index contributed by atoms with van der Waals surface area (Å²) in [4.78, 5) is 10.2. The summed E-state index contributed by atoms with van der Waals surface area (Å²) < 4.78 is 26.5. The van der Waals surface area contributed by atoms with Gasteiger partial charge in [0.1, 0.15) is 0 Å². The minimum atomic E-state index is -3.86. The first-order chi connectivity index (χ1) is 9.88. The third kappa shape index (κ3) is 3.92. The summed E-state index contributed by atoms with van der Waals surface area (Å²) in [6.45, 7) is 4.33. The summed E-state index contributed by atoms with van der Waals surface area (Å²) >= 11 is 0. The van der Waals surface area contributed by atoms with Crippen molar-refractivity contribution < 1.29 is 13.3 Å². The molecule has 21 heavy (non-hydrogen) atoms. The molecule has 0 saturated heterocycles. The van der Waals surface area contributed by atoms with Crippen LogP contribution in [0.1, 0.15) is 26.7 Å². The van der Waals surface area contributed by atoms with E-state index in [4.69, 9.17) is 0 Å². The topological polar surface area (TPSA) is 92.6 Å². The van der Waals surface area contributed by atoms with Crippen LogP contribution < -0.4 is 5.32 Å². The van der Waals surface area contributed by atoms with Gasteiger partial charge in [-0.25, -0.2) is 8.42 Å². The quantitative estimate of drug-likeness (QED) is 0.587. The highest BCUT2D eigenvalue weighted by Crippen LogP contribution is 2.29. The van der Waals surface area contributed by atoms with Crippen LogP contribution >= 0.6 is 0 Å². The Morgan fingerprint density at radius 1 is 1.33 bits per heavy atom. The van der Waals surface area contributed by atoms with E-state index in [0.717, 1.165) is 12.8 Å². The molecule has 0 radical (unpaired) electrons. The fraction of sp³-hybridized carbons (Fsp3) is 0.538. The molecule has 0 atom stereocenters. The van der Waals surface area contributed by atoms with Gasteiger partial charge >= 0.3 is 0 Å². The van der Waals surface area contributed by atoms with E-state index in [9.17, 15) is 18.5 Å². The molecule has 1 rings (SSSR count). The van der Waals surface area contributed by atoms with Crippen LogP contribution in [0.2, 0.25) is 0 Å². The zero-order valence-corrected chi connectivity index (χ0v) is 13.3. The smallest absolute Gasteiger partial charge is 0.291 e. The Balaban J connectivity index is 3.32. The van der Waals surface area contributed by atoms with Crippen molar-refractivity contribution >= 4 is 21.4 Å². The van der Waals surface area contributed by atoms with E-state index in [1.807, 2.05) is 6.92 Å². The summed E-state index contributed by atoms with van der Waals surface area (Å²) in [7, 11) is -2.24. The molecule has 118 valence electrons. The molecule has 1 aromatic carbocycles. The molecule has 0 amide bonds. The zero-order chi connectivity index (χ0) is 16.0. The lowest BCUT2D eigenvalue weighted by Crippen LogP contribution is -2.32. The number of nitro groups is 1. The summed E-state index contributed by atoms with van der Waals surface area (Å²) in [5.74, 6) is 0. The molecular formula is C13H21N3O4S. The number of hydrogen-bond donors (Lipinski definition) is 1.